The van der Waals surface area contributed by atoms with Gasteiger partial charge in [-0.25, -0.2) is 8.78 Å². The summed E-state index contributed by atoms with van der Waals surface area (Å²) in [6.07, 6.45) is -0.678. The molecule has 0 heterocycles. The van der Waals surface area contributed by atoms with Crippen LogP contribution in [0.3, 0.4) is 0 Å². The summed E-state index contributed by atoms with van der Waals surface area (Å²) in [7, 11) is 2.76. The highest BCUT2D eigenvalue weighted by molar-refractivity contribution is 6.35. The molecule has 0 aromatic heterocycles. The Bertz CT molecular complexity index is 507. The summed E-state index contributed by atoms with van der Waals surface area (Å²) in [5.74, 6) is -3.19. The Kier molecular flexibility index (Phi) is 6.70. The standard InChI is InChI=1S/C13H16F2N2O4/c1-20-11(21-2)7-17-13(19)12(18)16-6-8-5-9(14)3-4-10(8)15/h3-5,11H,6-7H2,1-2H3,(H,16,18)(H,17,19). The number of amides is 2. The normalized spacial score (nSPS) is 10.5. The van der Waals surface area contributed by atoms with Gasteiger partial charge in [0.15, 0.2) is 6.29 Å². The van der Waals surface area contributed by atoms with E-state index in [0.717, 1.165) is 18.2 Å². The average Bonchev–Trinajstić information content (AvgIpc) is 2.48. The molecule has 0 aliphatic carbocycles. The number of ether oxygens (including phenoxy) is 2. The lowest BCUT2D eigenvalue weighted by molar-refractivity contribution is -0.141. The molecule has 0 bridgehead atoms. The molecule has 21 heavy (non-hydrogen) atoms. The van der Waals surface area contributed by atoms with Crippen LogP contribution in [0.1, 0.15) is 5.56 Å². The van der Waals surface area contributed by atoms with Crippen molar-refractivity contribution in [3.63, 3.8) is 0 Å². The van der Waals surface area contributed by atoms with Crippen molar-refractivity contribution in [2.45, 2.75) is 12.8 Å². The average molecular weight is 302 g/mol. The van der Waals surface area contributed by atoms with Crippen molar-refractivity contribution in [2.24, 2.45) is 0 Å². The SMILES string of the molecule is COC(CNC(=O)C(=O)NCc1cc(F)ccc1F)OC. The minimum atomic E-state index is -0.968. The van der Waals surface area contributed by atoms with Gasteiger partial charge in [0.25, 0.3) is 0 Å². The molecule has 0 saturated carbocycles. The molecule has 8 heteroatoms. The summed E-state index contributed by atoms with van der Waals surface area (Å²) in [5.41, 5.74) is -0.0530. The minimum Gasteiger partial charge on any atom is -0.354 e. The smallest absolute Gasteiger partial charge is 0.309 e. The Morgan fingerprint density at radius 3 is 2.38 bits per heavy atom. The van der Waals surface area contributed by atoms with Crippen LogP contribution >= 0.6 is 0 Å². The Morgan fingerprint density at radius 1 is 1.14 bits per heavy atom. The molecule has 2 N–H and O–H groups in total. The van der Waals surface area contributed by atoms with E-state index in [1.54, 1.807) is 0 Å². The van der Waals surface area contributed by atoms with Crippen molar-refractivity contribution in [1.82, 2.24) is 10.6 Å². The van der Waals surface area contributed by atoms with Gasteiger partial charge in [-0.2, -0.15) is 0 Å². The Balaban J connectivity index is 2.46. The zero-order valence-corrected chi connectivity index (χ0v) is 11.6. The number of methoxy groups -OCH3 is 2. The third-order valence-corrected chi connectivity index (χ3v) is 2.61. The van der Waals surface area contributed by atoms with Crippen LogP contribution in [-0.4, -0.2) is 38.9 Å². The number of hydrogen-bond acceptors (Lipinski definition) is 4. The lowest BCUT2D eigenvalue weighted by Gasteiger charge is -2.13. The van der Waals surface area contributed by atoms with Crippen LogP contribution in [0.15, 0.2) is 18.2 Å². The van der Waals surface area contributed by atoms with E-state index < -0.39 is 29.7 Å². The number of carbonyl (C=O) groups excluding carboxylic acids is 2. The van der Waals surface area contributed by atoms with E-state index in [1.807, 2.05) is 0 Å². The predicted octanol–water partition coefficient (Wildman–Crippen LogP) is 0.316. The fourth-order valence-corrected chi connectivity index (χ4v) is 1.45. The lowest BCUT2D eigenvalue weighted by Crippen LogP contribution is -2.43. The van der Waals surface area contributed by atoms with Gasteiger partial charge in [-0.15, -0.1) is 0 Å². The lowest BCUT2D eigenvalue weighted by atomic mass is 10.2. The molecular weight excluding hydrogens is 286 g/mol. The van der Waals surface area contributed by atoms with Crippen LogP contribution in [0.25, 0.3) is 0 Å². The van der Waals surface area contributed by atoms with Crippen molar-refractivity contribution >= 4 is 11.8 Å². The molecule has 0 spiro atoms. The molecular formula is C13H16F2N2O4. The summed E-state index contributed by atoms with van der Waals surface area (Å²) in [4.78, 5) is 22.9. The molecule has 0 aliphatic rings. The summed E-state index contributed by atoms with van der Waals surface area (Å²) in [6, 6.07) is 2.85. The molecule has 0 aliphatic heterocycles. The third kappa shape index (κ3) is 5.44. The Morgan fingerprint density at radius 2 is 1.76 bits per heavy atom. The highest BCUT2D eigenvalue weighted by atomic mass is 19.1. The number of carbonyl (C=O) groups is 2. The van der Waals surface area contributed by atoms with Crippen molar-refractivity contribution in [1.29, 1.82) is 0 Å². The van der Waals surface area contributed by atoms with Gasteiger partial charge >= 0.3 is 11.8 Å². The second-order valence-electron chi connectivity index (χ2n) is 4.03. The van der Waals surface area contributed by atoms with Gasteiger partial charge in [-0.1, -0.05) is 0 Å². The molecule has 0 unspecified atom stereocenters. The molecule has 0 radical (unpaired) electrons. The molecule has 1 rings (SSSR count). The van der Waals surface area contributed by atoms with E-state index in [0.29, 0.717) is 0 Å². The molecule has 116 valence electrons. The first-order valence-corrected chi connectivity index (χ1v) is 6.03. The largest absolute Gasteiger partial charge is 0.354 e. The topological polar surface area (TPSA) is 76.7 Å². The van der Waals surface area contributed by atoms with Gasteiger partial charge in [0.05, 0.1) is 6.54 Å². The molecule has 0 atom stereocenters. The Hall–Kier alpha value is -2.06. The van der Waals surface area contributed by atoms with E-state index >= 15 is 0 Å². The fraction of sp³-hybridized carbons (Fsp3) is 0.385. The van der Waals surface area contributed by atoms with Crippen LogP contribution in [0.2, 0.25) is 0 Å². The van der Waals surface area contributed by atoms with Crippen molar-refractivity contribution < 1.29 is 27.8 Å². The first-order chi connectivity index (χ1) is 9.97. The van der Waals surface area contributed by atoms with Gasteiger partial charge in [-0.3, -0.25) is 9.59 Å². The van der Waals surface area contributed by atoms with Crippen LogP contribution in [0, 0.1) is 11.6 Å². The number of nitrogens with one attached hydrogen (secondary N) is 2. The maximum absolute atomic E-state index is 13.3. The van der Waals surface area contributed by atoms with Gasteiger partial charge < -0.3 is 20.1 Å². The van der Waals surface area contributed by atoms with E-state index in [2.05, 4.69) is 10.6 Å². The van der Waals surface area contributed by atoms with Crippen LogP contribution in [0.5, 0.6) is 0 Å². The maximum Gasteiger partial charge on any atom is 0.309 e. The first-order valence-electron chi connectivity index (χ1n) is 6.03. The maximum atomic E-state index is 13.3. The van der Waals surface area contributed by atoms with Crippen LogP contribution < -0.4 is 10.6 Å². The van der Waals surface area contributed by atoms with Crippen LogP contribution in [-0.2, 0) is 25.6 Å². The molecule has 1 aromatic carbocycles. The predicted molar refractivity (Wildman–Crippen MR) is 69.0 cm³/mol. The number of hydrogen-bond donors (Lipinski definition) is 2. The van der Waals surface area contributed by atoms with Gasteiger partial charge in [0.1, 0.15) is 11.6 Å². The fourth-order valence-electron chi connectivity index (χ4n) is 1.45. The van der Waals surface area contributed by atoms with E-state index in [4.69, 9.17) is 9.47 Å². The molecule has 0 fully saturated rings. The number of rotatable bonds is 6. The van der Waals surface area contributed by atoms with Crippen molar-refractivity contribution in [2.75, 3.05) is 20.8 Å². The van der Waals surface area contributed by atoms with Crippen molar-refractivity contribution in [3.8, 4) is 0 Å². The monoisotopic (exact) mass is 302 g/mol. The summed E-state index contributed by atoms with van der Waals surface area (Å²) in [6.45, 7) is -0.318. The summed E-state index contributed by atoms with van der Waals surface area (Å²) < 4.78 is 35.9. The second-order valence-corrected chi connectivity index (χ2v) is 4.03. The number of benzene rings is 1. The van der Waals surface area contributed by atoms with E-state index in [-0.39, 0.29) is 18.7 Å². The zero-order chi connectivity index (χ0) is 15.8. The molecule has 1 aromatic rings. The summed E-state index contributed by atoms with van der Waals surface area (Å²) >= 11 is 0. The second kappa shape index (κ2) is 8.28. The van der Waals surface area contributed by atoms with Gasteiger partial charge in [-0.05, 0) is 18.2 Å². The zero-order valence-electron chi connectivity index (χ0n) is 11.6. The minimum absolute atomic E-state index is 0.0203. The van der Waals surface area contributed by atoms with Crippen molar-refractivity contribution in [3.05, 3.63) is 35.4 Å². The Labute approximate surface area is 120 Å². The van der Waals surface area contributed by atoms with Crippen LogP contribution in [0.4, 0.5) is 8.78 Å². The molecule has 0 saturated heterocycles. The number of halogens is 2. The highest BCUT2D eigenvalue weighted by Gasteiger charge is 2.16. The van der Waals surface area contributed by atoms with E-state index in [9.17, 15) is 18.4 Å². The molecule has 6 nitrogen and oxygen atoms in total. The third-order valence-electron chi connectivity index (χ3n) is 2.61. The van der Waals surface area contributed by atoms with Gasteiger partial charge in [0.2, 0.25) is 0 Å². The highest BCUT2D eigenvalue weighted by Crippen LogP contribution is 2.08. The molecule has 2 amide bonds. The quantitative estimate of drug-likeness (QED) is 0.586. The van der Waals surface area contributed by atoms with E-state index in [1.165, 1.54) is 14.2 Å². The van der Waals surface area contributed by atoms with Gasteiger partial charge in [0, 0.05) is 26.3 Å². The summed E-state index contributed by atoms with van der Waals surface area (Å²) in [5, 5.41) is 4.47. The first kappa shape index (κ1) is 17.0.